The fourth-order valence-corrected chi connectivity index (χ4v) is 1.72. The minimum absolute atomic E-state index is 0.0332. The molecule has 5 nitrogen and oxygen atoms in total. The van der Waals surface area contributed by atoms with Gasteiger partial charge in [0, 0.05) is 5.56 Å². The summed E-state index contributed by atoms with van der Waals surface area (Å²) < 4.78 is 5.09. The van der Waals surface area contributed by atoms with E-state index in [0.717, 1.165) is 0 Å². The van der Waals surface area contributed by atoms with Crippen molar-refractivity contribution < 1.29 is 19.4 Å². The fourth-order valence-electron chi connectivity index (χ4n) is 1.72. The van der Waals surface area contributed by atoms with E-state index >= 15 is 0 Å². The topological polar surface area (TPSA) is 78.5 Å². The van der Waals surface area contributed by atoms with Crippen LogP contribution in [0.1, 0.15) is 20.7 Å². The van der Waals surface area contributed by atoms with Crippen molar-refractivity contribution in [3.63, 3.8) is 0 Å². The molecule has 0 heterocycles. The summed E-state index contributed by atoms with van der Waals surface area (Å²) in [6.07, 6.45) is 0. The number of ether oxygens (including phenoxy) is 1. The lowest BCUT2D eigenvalue weighted by atomic mass is 10.1. The van der Waals surface area contributed by atoms with E-state index in [1.807, 2.05) is 0 Å². The molecular formula is C15H12NO4-. The summed E-state index contributed by atoms with van der Waals surface area (Å²) >= 11 is 0. The molecule has 20 heavy (non-hydrogen) atoms. The zero-order valence-corrected chi connectivity index (χ0v) is 10.8. The molecule has 1 amide bonds. The predicted octanol–water partition coefficient (Wildman–Crippen LogP) is 1.31. The lowest BCUT2D eigenvalue weighted by Gasteiger charge is -2.12. The number of anilines is 1. The van der Waals surface area contributed by atoms with E-state index in [-0.39, 0.29) is 17.2 Å². The molecule has 0 aliphatic rings. The molecule has 0 saturated heterocycles. The molecule has 0 atom stereocenters. The van der Waals surface area contributed by atoms with Crippen molar-refractivity contribution in [2.45, 2.75) is 0 Å². The maximum absolute atomic E-state index is 12.0. The third-order valence-electron chi connectivity index (χ3n) is 2.72. The average Bonchev–Trinajstić information content (AvgIpc) is 2.48. The van der Waals surface area contributed by atoms with Gasteiger partial charge in [-0.1, -0.05) is 18.2 Å². The third-order valence-corrected chi connectivity index (χ3v) is 2.72. The van der Waals surface area contributed by atoms with Crippen LogP contribution in [0.5, 0.6) is 5.75 Å². The summed E-state index contributed by atoms with van der Waals surface area (Å²) in [6, 6.07) is 12.7. The number of carboxylic acid groups (broad SMARTS) is 1. The maximum Gasteiger partial charge on any atom is 0.255 e. The Morgan fingerprint density at radius 2 is 1.75 bits per heavy atom. The van der Waals surface area contributed by atoms with Gasteiger partial charge in [0.05, 0.1) is 18.8 Å². The van der Waals surface area contributed by atoms with Crippen LogP contribution >= 0.6 is 0 Å². The van der Waals surface area contributed by atoms with Gasteiger partial charge >= 0.3 is 0 Å². The smallest absolute Gasteiger partial charge is 0.255 e. The number of hydrogen-bond donors (Lipinski definition) is 1. The van der Waals surface area contributed by atoms with Gasteiger partial charge in [0.15, 0.2) is 0 Å². The second-order valence-corrected chi connectivity index (χ2v) is 4.02. The molecule has 0 aromatic heterocycles. The number of carboxylic acids is 1. The van der Waals surface area contributed by atoms with Crippen LogP contribution in [0.15, 0.2) is 48.5 Å². The molecule has 2 aromatic rings. The highest BCUT2D eigenvalue weighted by Crippen LogP contribution is 2.25. The van der Waals surface area contributed by atoms with Crippen LogP contribution in [0.4, 0.5) is 5.69 Å². The van der Waals surface area contributed by atoms with Gasteiger partial charge in [0.1, 0.15) is 5.75 Å². The fraction of sp³-hybridized carbons (Fsp3) is 0.0667. The molecule has 0 aliphatic heterocycles. The highest BCUT2D eigenvalue weighted by molar-refractivity contribution is 6.05. The lowest BCUT2D eigenvalue weighted by Crippen LogP contribution is -2.22. The van der Waals surface area contributed by atoms with Crippen LogP contribution in [0, 0.1) is 0 Å². The predicted molar refractivity (Wildman–Crippen MR) is 71.7 cm³/mol. The number of amides is 1. The Morgan fingerprint density at radius 3 is 2.35 bits per heavy atom. The molecule has 0 bridgehead atoms. The number of aromatic carboxylic acids is 1. The summed E-state index contributed by atoms with van der Waals surface area (Å²) in [7, 11) is 1.44. The van der Waals surface area contributed by atoms with Gasteiger partial charge < -0.3 is 20.0 Å². The molecule has 0 spiro atoms. The molecule has 0 aliphatic carbocycles. The van der Waals surface area contributed by atoms with E-state index < -0.39 is 5.97 Å². The van der Waals surface area contributed by atoms with Crippen molar-refractivity contribution in [2.75, 3.05) is 12.4 Å². The molecule has 2 rings (SSSR count). The molecule has 0 fully saturated rings. The molecule has 102 valence electrons. The number of benzene rings is 2. The van der Waals surface area contributed by atoms with Crippen molar-refractivity contribution in [3.8, 4) is 5.75 Å². The Hall–Kier alpha value is -2.82. The van der Waals surface area contributed by atoms with Crippen LogP contribution < -0.4 is 15.2 Å². The van der Waals surface area contributed by atoms with Crippen molar-refractivity contribution >= 4 is 17.6 Å². The number of nitrogens with one attached hydrogen (secondary N) is 1. The van der Waals surface area contributed by atoms with Gasteiger partial charge in [-0.15, -0.1) is 0 Å². The summed E-state index contributed by atoms with van der Waals surface area (Å²) in [5, 5.41) is 13.5. The largest absolute Gasteiger partial charge is 0.545 e. The van der Waals surface area contributed by atoms with Crippen LogP contribution in [0.2, 0.25) is 0 Å². The maximum atomic E-state index is 12.0. The number of methoxy groups -OCH3 is 1. The summed E-state index contributed by atoms with van der Waals surface area (Å²) in [5.41, 5.74) is 0.714. The highest BCUT2D eigenvalue weighted by atomic mass is 16.5. The van der Waals surface area contributed by atoms with Crippen molar-refractivity contribution in [2.24, 2.45) is 0 Å². The van der Waals surface area contributed by atoms with Crippen molar-refractivity contribution in [1.82, 2.24) is 0 Å². The zero-order chi connectivity index (χ0) is 14.5. The Morgan fingerprint density at radius 1 is 1.05 bits per heavy atom. The monoisotopic (exact) mass is 270 g/mol. The van der Waals surface area contributed by atoms with E-state index in [0.29, 0.717) is 11.3 Å². The molecule has 2 aromatic carbocycles. The van der Waals surface area contributed by atoms with Crippen molar-refractivity contribution in [3.05, 3.63) is 59.7 Å². The van der Waals surface area contributed by atoms with E-state index in [2.05, 4.69) is 5.32 Å². The van der Waals surface area contributed by atoms with Gasteiger partial charge in [0.25, 0.3) is 5.91 Å². The second kappa shape index (κ2) is 5.88. The Bertz CT molecular complexity index is 638. The van der Waals surface area contributed by atoms with Gasteiger partial charge in [-0.2, -0.15) is 0 Å². The Balaban J connectivity index is 2.30. The number of carbonyl (C=O) groups excluding carboxylic acids is 2. The average molecular weight is 270 g/mol. The Kier molecular flexibility index (Phi) is 4.00. The minimum Gasteiger partial charge on any atom is -0.545 e. The zero-order valence-electron chi connectivity index (χ0n) is 10.8. The summed E-state index contributed by atoms with van der Waals surface area (Å²) in [5.74, 6) is -1.29. The number of rotatable bonds is 4. The van der Waals surface area contributed by atoms with E-state index in [9.17, 15) is 14.7 Å². The summed E-state index contributed by atoms with van der Waals surface area (Å²) in [6.45, 7) is 0. The SMILES string of the molecule is COc1ccc(C(=O)[O-])cc1NC(=O)c1ccccc1. The first-order valence-electron chi connectivity index (χ1n) is 5.87. The standard InChI is InChI=1S/C15H13NO4/c1-20-13-8-7-11(15(18)19)9-12(13)16-14(17)10-5-3-2-4-6-10/h2-9H,1H3,(H,16,17)(H,18,19)/p-1. The van der Waals surface area contributed by atoms with Gasteiger partial charge in [-0.05, 0) is 35.9 Å². The molecule has 0 saturated carbocycles. The van der Waals surface area contributed by atoms with Gasteiger partial charge in [-0.25, -0.2) is 0 Å². The lowest BCUT2D eigenvalue weighted by molar-refractivity contribution is -0.255. The van der Waals surface area contributed by atoms with Crippen molar-refractivity contribution in [1.29, 1.82) is 0 Å². The molecule has 5 heteroatoms. The minimum atomic E-state index is -1.32. The molecule has 0 unspecified atom stereocenters. The second-order valence-electron chi connectivity index (χ2n) is 4.02. The van der Waals surface area contributed by atoms with Crippen LogP contribution in [-0.2, 0) is 0 Å². The highest BCUT2D eigenvalue weighted by Gasteiger charge is 2.10. The number of carbonyl (C=O) groups is 2. The first-order valence-corrected chi connectivity index (χ1v) is 5.87. The van der Waals surface area contributed by atoms with E-state index in [4.69, 9.17) is 4.74 Å². The van der Waals surface area contributed by atoms with Crippen LogP contribution in [0.25, 0.3) is 0 Å². The third kappa shape index (κ3) is 2.95. The first kappa shape index (κ1) is 13.6. The molecule has 1 N–H and O–H groups in total. The van der Waals surface area contributed by atoms with Crippen LogP contribution in [0.3, 0.4) is 0 Å². The number of hydrogen-bond acceptors (Lipinski definition) is 4. The quantitative estimate of drug-likeness (QED) is 0.908. The van der Waals surface area contributed by atoms with Crippen LogP contribution in [-0.4, -0.2) is 19.0 Å². The molecule has 0 radical (unpaired) electrons. The summed E-state index contributed by atoms with van der Waals surface area (Å²) in [4.78, 5) is 22.9. The van der Waals surface area contributed by atoms with Gasteiger partial charge in [0.2, 0.25) is 0 Å². The van der Waals surface area contributed by atoms with Gasteiger partial charge in [-0.3, -0.25) is 4.79 Å². The Labute approximate surface area is 115 Å². The van der Waals surface area contributed by atoms with E-state index in [1.165, 1.54) is 25.3 Å². The molecular weight excluding hydrogens is 258 g/mol. The van der Waals surface area contributed by atoms with E-state index in [1.54, 1.807) is 30.3 Å². The normalized spacial score (nSPS) is 9.85. The first-order chi connectivity index (χ1) is 9.61.